The standard InChI is InChI=1S/C10H15NO.ClH/c1-12-10-6-2-4-9(8-10)5-3-7-11;/h2,4,6,8H,3,5,7,11H2,1H3;1H. The van der Waals surface area contributed by atoms with Gasteiger partial charge in [0.05, 0.1) is 7.11 Å². The van der Waals surface area contributed by atoms with Crippen LogP contribution in [0.3, 0.4) is 0 Å². The zero-order valence-electron chi connectivity index (χ0n) is 7.82. The van der Waals surface area contributed by atoms with Crippen LogP contribution in [-0.4, -0.2) is 13.7 Å². The van der Waals surface area contributed by atoms with E-state index in [1.54, 1.807) is 7.11 Å². The molecule has 2 N–H and O–H groups in total. The van der Waals surface area contributed by atoms with Crippen molar-refractivity contribution in [2.24, 2.45) is 5.73 Å². The van der Waals surface area contributed by atoms with Crippen molar-refractivity contribution in [2.45, 2.75) is 12.8 Å². The van der Waals surface area contributed by atoms with Crippen LogP contribution in [0.4, 0.5) is 0 Å². The first-order chi connectivity index (χ1) is 5.86. The molecule has 0 amide bonds. The fourth-order valence-corrected chi connectivity index (χ4v) is 1.13. The second-order valence-electron chi connectivity index (χ2n) is 2.74. The highest BCUT2D eigenvalue weighted by Gasteiger charge is 1.94. The largest absolute Gasteiger partial charge is 0.497 e. The summed E-state index contributed by atoms with van der Waals surface area (Å²) in [4.78, 5) is 0. The van der Waals surface area contributed by atoms with E-state index < -0.39 is 0 Å². The fourth-order valence-electron chi connectivity index (χ4n) is 1.13. The SMILES string of the molecule is COc1cccc(CCCN)c1.Cl. The van der Waals surface area contributed by atoms with Gasteiger partial charge in [-0.3, -0.25) is 0 Å². The number of methoxy groups -OCH3 is 1. The van der Waals surface area contributed by atoms with Gasteiger partial charge in [0.1, 0.15) is 5.75 Å². The van der Waals surface area contributed by atoms with Gasteiger partial charge in [0.25, 0.3) is 0 Å². The Balaban J connectivity index is 0.00000144. The molecular weight excluding hydrogens is 186 g/mol. The monoisotopic (exact) mass is 201 g/mol. The van der Waals surface area contributed by atoms with E-state index >= 15 is 0 Å². The Morgan fingerprint density at radius 1 is 1.38 bits per heavy atom. The normalized spacial score (nSPS) is 9.08. The molecule has 3 heteroatoms. The average Bonchev–Trinajstić information content (AvgIpc) is 2.15. The summed E-state index contributed by atoms with van der Waals surface area (Å²) in [7, 11) is 1.68. The third-order valence-electron chi connectivity index (χ3n) is 1.80. The number of benzene rings is 1. The lowest BCUT2D eigenvalue weighted by Crippen LogP contribution is -2.00. The molecule has 0 heterocycles. The van der Waals surface area contributed by atoms with Crippen LogP contribution in [0, 0.1) is 0 Å². The molecule has 0 unspecified atom stereocenters. The molecule has 0 aromatic heterocycles. The summed E-state index contributed by atoms with van der Waals surface area (Å²) >= 11 is 0. The molecule has 0 bridgehead atoms. The third kappa shape index (κ3) is 4.15. The first kappa shape index (κ1) is 12.3. The molecule has 0 saturated heterocycles. The van der Waals surface area contributed by atoms with Crippen molar-refractivity contribution < 1.29 is 4.74 Å². The van der Waals surface area contributed by atoms with Gasteiger partial charge < -0.3 is 10.5 Å². The van der Waals surface area contributed by atoms with E-state index in [4.69, 9.17) is 10.5 Å². The van der Waals surface area contributed by atoms with Gasteiger partial charge in [0.15, 0.2) is 0 Å². The molecule has 1 aromatic carbocycles. The van der Waals surface area contributed by atoms with Gasteiger partial charge in [-0.15, -0.1) is 12.4 Å². The maximum absolute atomic E-state index is 5.42. The van der Waals surface area contributed by atoms with Crippen LogP contribution >= 0.6 is 12.4 Å². The Labute approximate surface area is 85.5 Å². The van der Waals surface area contributed by atoms with Crippen LogP contribution in [-0.2, 0) is 6.42 Å². The summed E-state index contributed by atoms with van der Waals surface area (Å²) in [6, 6.07) is 8.10. The van der Waals surface area contributed by atoms with E-state index in [9.17, 15) is 0 Å². The van der Waals surface area contributed by atoms with Crippen LogP contribution in [0.2, 0.25) is 0 Å². The molecule has 2 nitrogen and oxygen atoms in total. The van der Waals surface area contributed by atoms with Crippen molar-refractivity contribution >= 4 is 12.4 Å². The summed E-state index contributed by atoms with van der Waals surface area (Å²) in [6.45, 7) is 0.747. The number of ether oxygens (including phenoxy) is 1. The van der Waals surface area contributed by atoms with Crippen LogP contribution in [0.15, 0.2) is 24.3 Å². The molecule has 74 valence electrons. The molecule has 0 aliphatic rings. The highest BCUT2D eigenvalue weighted by Crippen LogP contribution is 2.13. The van der Waals surface area contributed by atoms with Crippen molar-refractivity contribution in [1.29, 1.82) is 0 Å². The Morgan fingerprint density at radius 2 is 2.15 bits per heavy atom. The Morgan fingerprint density at radius 3 is 2.77 bits per heavy atom. The van der Waals surface area contributed by atoms with Gasteiger partial charge in [-0.25, -0.2) is 0 Å². The molecule has 0 spiro atoms. The zero-order valence-corrected chi connectivity index (χ0v) is 8.64. The van der Waals surface area contributed by atoms with Gasteiger partial charge in [-0.05, 0) is 37.1 Å². The number of halogens is 1. The second kappa shape index (κ2) is 6.75. The summed E-state index contributed by atoms with van der Waals surface area (Å²) in [6.07, 6.45) is 2.07. The molecule has 0 fully saturated rings. The van der Waals surface area contributed by atoms with Gasteiger partial charge in [-0.1, -0.05) is 12.1 Å². The first-order valence-corrected chi connectivity index (χ1v) is 4.20. The number of nitrogens with two attached hydrogens (primary N) is 1. The molecule has 0 aliphatic carbocycles. The maximum atomic E-state index is 5.42. The lowest BCUT2D eigenvalue weighted by Gasteiger charge is -2.02. The van der Waals surface area contributed by atoms with Crippen molar-refractivity contribution in [1.82, 2.24) is 0 Å². The minimum absolute atomic E-state index is 0. The zero-order chi connectivity index (χ0) is 8.81. The predicted molar refractivity (Wildman–Crippen MR) is 57.6 cm³/mol. The van der Waals surface area contributed by atoms with Gasteiger partial charge >= 0.3 is 0 Å². The topological polar surface area (TPSA) is 35.2 Å². The van der Waals surface area contributed by atoms with Crippen molar-refractivity contribution in [3.05, 3.63) is 29.8 Å². The summed E-state index contributed by atoms with van der Waals surface area (Å²) < 4.78 is 5.10. The highest BCUT2D eigenvalue weighted by atomic mass is 35.5. The summed E-state index contributed by atoms with van der Waals surface area (Å²) in [5.41, 5.74) is 6.71. The van der Waals surface area contributed by atoms with Gasteiger partial charge in [0.2, 0.25) is 0 Å². The molecule has 1 rings (SSSR count). The lowest BCUT2D eigenvalue weighted by molar-refractivity contribution is 0.414. The summed E-state index contributed by atoms with van der Waals surface area (Å²) in [5.74, 6) is 0.921. The van der Waals surface area contributed by atoms with Crippen molar-refractivity contribution in [3.8, 4) is 5.75 Å². The molecule has 0 saturated carbocycles. The average molecular weight is 202 g/mol. The van der Waals surface area contributed by atoms with Crippen LogP contribution in [0.1, 0.15) is 12.0 Å². The maximum Gasteiger partial charge on any atom is 0.119 e. The molecule has 1 aromatic rings. The number of rotatable bonds is 4. The summed E-state index contributed by atoms with van der Waals surface area (Å²) in [5, 5.41) is 0. The minimum Gasteiger partial charge on any atom is -0.497 e. The second-order valence-corrected chi connectivity index (χ2v) is 2.74. The van der Waals surface area contributed by atoms with Crippen LogP contribution in [0.25, 0.3) is 0 Å². The third-order valence-corrected chi connectivity index (χ3v) is 1.80. The smallest absolute Gasteiger partial charge is 0.119 e. The van der Waals surface area contributed by atoms with Crippen molar-refractivity contribution in [3.63, 3.8) is 0 Å². The number of hydrogen-bond donors (Lipinski definition) is 1. The Kier molecular flexibility index (Phi) is 6.37. The van der Waals surface area contributed by atoms with E-state index in [2.05, 4.69) is 12.1 Å². The predicted octanol–water partition coefficient (Wildman–Crippen LogP) is 2.01. The molecule has 0 atom stereocenters. The van der Waals surface area contributed by atoms with E-state index in [1.807, 2.05) is 12.1 Å². The van der Waals surface area contributed by atoms with E-state index in [0.29, 0.717) is 0 Å². The van der Waals surface area contributed by atoms with Gasteiger partial charge in [-0.2, -0.15) is 0 Å². The minimum atomic E-state index is 0. The molecule has 13 heavy (non-hydrogen) atoms. The molecule has 0 aliphatic heterocycles. The first-order valence-electron chi connectivity index (χ1n) is 4.20. The molecular formula is C10H16ClNO. The number of hydrogen-bond acceptors (Lipinski definition) is 2. The van der Waals surface area contributed by atoms with Crippen LogP contribution in [0.5, 0.6) is 5.75 Å². The Hall–Kier alpha value is -0.730. The lowest BCUT2D eigenvalue weighted by atomic mass is 10.1. The van der Waals surface area contributed by atoms with Crippen molar-refractivity contribution in [2.75, 3.05) is 13.7 Å². The fraction of sp³-hybridized carbons (Fsp3) is 0.400. The highest BCUT2D eigenvalue weighted by molar-refractivity contribution is 5.85. The van der Waals surface area contributed by atoms with E-state index in [-0.39, 0.29) is 12.4 Å². The van der Waals surface area contributed by atoms with Gasteiger partial charge in [0, 0.05) is 0 Å². The van der Waals surface area contributed by atoms with Crippen LogP contribution < -0.4 is 10.5 Å². The molecule has 0 radical (unpaired) electrons. The van der Waals surface area contributed by atoms with E-state index in [1.165, 1.54) is 5.56 Å². The number of aryl methyl sites for hydroxylation is 1. The van der Waals surface area contributed by atoms with E-state index in [0.717, 1.165) is 25.1 Å². The Bertz CT molecular complexity index is 240. The quantitative estimate of drug-likeness (QED) is 0.809.